The molecule has 292 valence electrons. The van der Waals surface area contributed by atoms with Crippen LogP contribution in [0, 0.1) is 0 Å². The Morgan fingerprint density at radius 2 is 0.823 bits per heavy atom. The van der Waals surface area contributed by atoms with Crippen molar-refractivity contribution >= 4 is 33.4 Å². The van der Waals surface area contributed by atoms with E-state index < -0.39 is 0 Å². The predicted octanol–water partition coefficient (Wildman–Crippen LogP) is 16.0. The fourth-order valence-electron chi connectivity index (χ4n) is 8.91. The van der Waals surface area contributed by atoms with Gasteiger partial charge in [-0.2, -0.15) is 5.10 Å². The zero-order valence-electron chi connectivity index (χ0n) is 34.0. The SMILES string of the molecule is c1ccc(-c2ccc(N(c3ccc4c(c3)cc(-c3ccccc3)n3nc(-c5ccccc5)c(-c5ccccc5)c43)c3ccccc3-c3ccccc3-c3ccccc3)cc2)cc1. The van der Waals surface area contributed by atoms with Crippen LogP contribution in [0.4, 0.5) is 17.1 Å². The zero-order valence-corrected chi connectivity index (χ0v) is 34.0. The quantitative estimate of drug-likeness (QED) is 0.145. The molecule has 0 aliphatic heterocycles. The second-order valence-electron chi connectivity index (χ2n) is 15.6. The highest BCUT2D eigenvalue weighted by atomic mass is 15.2. The molecule has 0 fully saturated rings. The number of benzene rings is 9. The summed E-state index contributed by atoms with van der Waals surface area (Å²) in [7, 11) is 0. The second-order valence-corrected chi connectivity index (χ2v) is 15.6. The summed E-state index contributed by atoms with van der Waals surface area (Å²) in [6.07, 6.45) is 0. The van der Waals surface area contributed by atoms with Crippen LogP contribution in [0.25, 0.3) is 83.3 Å². The second kappa shape index (κ2) is 16.1. The number of rotatable bonds is 9. The molecular weight excluding hydrogens is 751 g/mol. The van der Waals surface area contributed by atoms with Crippen molar-refractivity contribution in [1.82, 2.24) is 9.61 Å². The molecular formula is C59H41N3. The van der Waals surface area contributed by atoms with Crippen molar-refractivity contribution in [1.29, 1.82) is 0 Å². The molecule has 2 aromatic heterocycles. The molecule has 0 N–H and O–H groups in total. The number of fused-ring (bicyclic) bond motifs is 3. The smallest absolute Gasteiger partial charge is 0.101 e. The summed E-state index contributed by atoms with van der Waals surface area (Å²) >= 11 is 0. The van der Waals surface area contributed by atoms with Crippen molar-refractivity contribution < 1.29 is 0 Å². The molecule has 11 rings (SSSR count). The van der Waals surface area contributed by atoms with E-state index in [1.807, 2.05) is 0 Å². The van der Waals surface area contributed by atoms with Crippen molar-refractivity contribution in [3.8, 4) is 67.0 Å². The first-order valence-corrected chi connectivity index (χ1v) is 21.1. The first kappa shape index (κ1) is 36.8. The standard InChI is InChI=1S/C59H41N3/c1-6-20-42(21-7-1)43-34-36-49(37-35-43)61(55-33-19-18-32-54(55)53-31-17-16-30-51(53)44-22-8-2-9-23-44)50-38-39-52-48(40-50)41-56(45-24-10-3-11-25-45)62-59(52)57(46-26-12-4-13-27-46)58(60-62)47-28-14-5-15-29-47/h1-41H. The van der Waals surface area contributed by atoms with Crippen LogP contribution in [0.5, 0.6) is 0 Å². The van der Waals surface area contributed by atoms with E-state index in [-0.39, 0.29) is 0 Å². The van der Waals surface area contributed by atoms with Crippen LogP contribution in [0.15, 0.2) is 249 Å². The Morgan fingerprint density at radius 1 is 0.339 bits per heavy atom. The summed E-state index contributed by atoms with van der Waals surface area (Å²) in [5.41, 5.74) is 17.8. The Kier molecular flexibility index (Phi) is 9.53. The van der Waals surface area contributed by atoms with Crippen LogP contribution >= 0.6 is 0 Å². The first-order chi connectivity index (χ1) is 30.8. The Bertz CT molecular complexity index is 3310. The third-order valence-corrected chi connectivity index (χ3v) is 11.8. The van der Waals surface area contributed by atoms with Gasteiger partial charge in [-0.25, -0.2) is 4.52 Å². The van der Waals surface area contributed by atoms with Crippen molar-refractivity contribution in [2.24, 2.45) is 0 Å². The molecule has 0 spiro atoms. The highest BCUT2D eigenvalue weighted by molar-refractivity contribution is 6.10. The third kappa shape index (κ3) is 6.72. The number of pyridine rings is 1. The summed E-state index contributed by atoms with van der Waals surface area (Å²) in [5.74, 6) is 0. The van der Waals surface area contributed by atoms with Crippen molar-refractivity contribution in [3.63, 3.8) is 0 Å². The monoisotopic (exact) mass is 791 g/mol. The Hall–Kier alpha value is -8.27. The molecule has 0 radical (unpaired) electrons. The Morgan fingerprint density at radius 3 is 1.47 bits per heavy atom. The Balaban J connectivity index is 1.18. The van der Waals surface area contributed by atoms with Gasteiger partial charge in [0.2, 0.25) is 0 Å². The molecule has 0 amide bonds. The highest BCUT2D eigenvalue weighted by Gasteiger charge is 2.24. The van der Waals surface area contributed by atoms with Gasteiger partial charge < -0.3 is 4.90 Å². The topological polar surface area (TPSA) is 20.5 Å². The van der Waals surface area contributed by atoms with E-state index in [2.05, 4.69) is 258 Å². The van der Waals surface area contributed by atoms with Crippen molar-refractivity contribution in [2.45, 2.75) is 0 Å². The van der Waals surface area contributed by atoms with Gasteiger partial charge in [0.1, 0.15) is 5.69 Å². The summed E-state index contributed by atoms with van der Waals surface area (Å²) in [4.78, 5) is 2.42. The average molecular weight is 792 g/mol. The normalized spacial score (nSPS) is 11.2. The molecule has 2 heterocycles. The lowest BCUT2D eigenvalue weighted by Crippen LogP contribution is -2.11. The number of nitrogens with zero attached hydrogens (tertiary/aromatic N) is 3. The molecule has 0 bridgehead atoms. The maximum Gasteiger partial charge on any atom is 0.101 e. The van der Waals surface area contributed by atoms with Crippen molar-refractivity contribution in [2.75, 3.05) is 4.90 Å². The predicted molar refractivity (Wildman–Crippen MR) is 260 cm³/mol. The van der Waals surface area contributed by atoms with Crippen LogP contribution in [0.1, 0.15) is 0 Å². The maximum absolute atomic E-state index is 5.46. The lowest BCUT2D eigenvalue weighted by Gasteiger charge is -2.29. The molecule has 9 aromatic carbocycles. The number of hydrogen-bond acceptors (Lipinski definition) is 2. The molecule has 0 unspecified atom stereocenters. The molecule has 62 heavy (non-hydrogen) atoms. The first-order valence-electron chi connectivity index (χ1n) is 21.1. The number of anilines is 3. The largest absolute Gasteiger partial charge is 0.310 e. The lowest BCUT2D eigenvalue weighted by molar-refractivity contribution is 0.979. The lowest BCUT2D eigenvalue weighted by atomic mass is 9.93. The number of hydrogen-bond donors (Lipinski definition) is 0. The van der Waals surface area contributed by atoms with Crippen LogP contribution < -0.4 is 4.90 Å². The van der Waals surface area contributed by atoms with E-state index in [4.69, 9.17) is 5.10 Å². The fraction of sp³-hybridized carbons (Fsp3) is 0. The summed E-state index contributed by atoms with van der Waals surface area (Å²) < 4.78 is 2.16. The summed E-state index contributed by atoms with van der Waals surface area (Å²) in [5, 5.41) is 7.71. The van der Waals surface area contributed by atoms with Gasteiger partial charge in [0.25, 0.3) is 0 Å². The van der Waals surface area contributed by atoms with Gasteiger partial charge in [-0.1, -0.05) is 212 Å². The number of aromatic nitrogens is 2. The van der Waals surface area contributed by atoms with E-state index in [1.165, 1.54) is 27.8 Å². The van der Waals surface area contributed by atoms with Gasteiger partial charge in [0.05, 0.1) is 16.9 Å². The van der Waals surface area contributed by atoms with Gasteiger partial charge in [0.15, 0.2) is 0 Å². The van der Waals surface area contributed by atoms with Crippen LogP contribution in [0.2, 0.25) is 0 Å². The number of para-hydroxylation sites is 1. The van der Waals surface area contributed by atoms with Gasteiger partial charge in [0, 0.05) is 39.0 Å². The van der Waals surface area contributed by atoms with Gasteiger partial charge in [-0.15, -0.1) is 0 Å². The molecule has 0 aliphatic carbocycles. The van der Waals surface area contributed by atoms with E-state index in [9.17, 15) is 0 Å². The third-order valence-electron chi connectivity index (χ3n) is 11.8. The molecule has 0 atom stereocenters. The zero-order chi connectivity index (χ0) is 41.2. The van der Waals surface area contributed by atoms with Crippen LogP contribution in [-0.4, -0.2) is 9.61 Å². The van der Waals surface area contributed by atoms with Crippen molar-refractivity contribution in [3.05, 3.63) is 249 Å². The minimum absolute atomic E-state index is 0.955. The van der Waals surface area contributed by atoms with Crippen LogP contribution in [-0.2, 0) is 0 Å². The molecule has 0 saturated heterocycles. The Labute approximate surface area is 362 Å². The van der Waals surface area contributed by atoms with E-state index >= 15 is 0 Å². The molecule has 11 aromatic rings. The minimum Gasteiger partial charge on any atom is -0.310 e. The maximum atomic E-state index is 5.46. The van der Waals surface area contributed by atoms with E-state index in [0.717, 1.165) is 72.6 Å². The van der Waals surface area contributed by atoms with E-state index in [0.29, 0.717) is 0 Å². The van der Waals surface area contributed by atoms with Gasteiger partial charge in [-0.3, -0.25) is 0 Å². The molecule has 3 heteroatoms. The summed E-state index contributed by atoms with van der Waals surface area (Å²) in [6.45, 7) is 0. The molecule has 0 saturated carbocycles. The summed E-state index contributed by atoms with van der Waals surface area (Å²) in [6, 6.07) is 88.9. The average Bonchev–Trinajstić information content (AvgIpc) is 3.77. The van der Waals surface area contributed by atoms with Gasteiger partial charge >= 0.3 is 0 Å². The highest BCUT2D eigenvalue weighted by Crippen LogP contribution is 2.46. The van der Waals surface area contributed by atoms with E-state index in [1.54, 1.807) is 0 Å². The minimum atomic E-state index is 0.955. The van der Waals surface area contributed by atoms with Crippen LogP contribution in [0.3, 0.4) is 0 Å². The molecule has 0 aliphatic rings. The fourth-order valence-corrected chi connectivity index (χ4v) is 8.91. The molecule has 3 nitrogen and oxygen atoms in total. The van der Waals surface area contributed by atoms with Gasteiger partial charge in [-0.05, 0) is 75.2 Å².